The summed E-state index contributed by atoms with van der Waals surface area (Å²) in [7, 11) is 1.60. The molecule has 0 radical (unpaired) electrons. The van der Waals surface area contributed by atoms with Crippen molar-refractivity contribution in [1.82, 2.24) is 5.32 Å². The van der Waals surface area contributed by atoms with Gasteiger partial charge >= 0.3 is 0 Å². The van der Waals surface area contributed by atoms with E-state index in [2.05, 4.69) is 5.32 Å². The number of ether oxygens (including phenoxy) is 2. The SMILES string of the molecule is COCCCNC(=O)COc1ccc([C@@H](C)N)c(F)c1. The van der Waals surface area contributed by atoms with Crippen LogP contribution in [-0.4, -0.2) is 32.8 Å². The van der Waals surface area contributed by atoms with Crippen LogP contribution in [0.5, 0.6) is 5.75 Å². The van der Waals surface area contributed by atoms with Gasteiger partial charge in [0.05, 0.1) is 0 Å². The van der Waals surface area contributed by atoms with E-state index in [9.17, 15) is 9.18 Å². The van der Waals surface area contributed by atoms with Gasteiger partial charge in [0.15, 0.2) is 6.61 Å². The molecule has 0 bridgehead atoms. The molecular weight excluding hydrogens is 263 g/mol. The van der Waals surface area contributed by atoms with Crippen LogP contribution in [0.4, 0.5) is 4.39 Å². The molecule has 0 aromatic heterocycles. The second-order valence-corrected chi connectivity index (χ2v) is 4.46. The van der Waals surface area contributed by atoms with Crippen LogP contribution in [-0.2, 0) is 9.53 Å². The molecule has 0 fully saturated rings. The van der Waals surface area contributed by atoms with Crippen molar-refractivity contribution in [2.24, 2.45) is 5.73 Å². The van der Waals surface area contributed by atoms with E-state index < -0.39 is 5.82 Å². The molecule has 3 N–H and O–H groups in total. The molecule has 0 unspecified atom stereocenters. The van der Waals surface area contributed by atoms with Crippen molar-refractivity contribution in [2.75, 3.05) is 26.9 Å². The average molecular weight is 284 g/mol. The highest BCUT2D eigenvalue weighted by molar-refractivity contribution is 5.77. The van der Waals surface area contributed by atoms with Crippen LogP contribution in [0.2, 0.25) is 0 Å². The molecule has 0 saturated heterocycles. The summed E-state index contributed by atoms with van der Waals surface area (Å²) in [6, 6.07) is 4.01. The van der Waals surface area contributed by atoms with Crippen molar-refractivity contribution < 1.29 is 18.7 Å². The van der Waals surface area contributed by atoms with Crippen molar-refractivity contribution in [2.45, 2.75) is 19.4 Å². The second kappa shape index (κ2) is 8.50. The topological polar surface area (TPSA) is 73.6 Å². The van der Waals surface area contributed by atoms with Gasteiger partial charge in [0, 0.05) is 37.9 Å². The fraction of sp³-hybridized carbons (Fsp3) is 0.500. The molecule has 20 heavy (non-hydrogen) atoms. The van der Waals surface area contributed by atoms with Crippen LogP contribution < -0.4 is 15.8 Å². The Hall–Kier alpha value is -1.66. The summed E-state index contributed by atoms with van der Waals surface area (Å²) in [5, 5.41) is 2.67. The predicted molar refractivity (Wildman–Crippen MR) is 74.0 cm³/mol. The molecule has 0 aliphatic carbocycles. The minimum absolute atomic E-state index is 0.149. The number of rotatable bonds is 8. The summed E-state index contributed by atoms with van der Waals surface area (Å²) in [5.41, 5.74) is 6.03. The number of amides is 1. The third kappa shape index (κ3) is 5.54. The third-order valence-electron chi connectivity index (χ3n) is 2.68. The maximum absolute atomic E-state index is 13.6. The van der Waals surface area contributed by atoms with E-state index in [1.165, 1.54) is 6.07 Å². The van der Waals surface area contributed by atoms with Gasteiger partial charge in [-0.1, -0.05) is 6.07 Å². The molecule has 1 amide bonds. The zero-order valence-electron chi connectivity index (χ0n) is 11.8. The summed E-state index contributed by atoms with van der Waals surface area (Å²) in [6.45, 7) is 2.66. The largest absolute Gasteiger partial charge is 0.484 e. The molecular formula is C14H21FN2O3. The molecule has 1 atom stereocenters. The first kappa shape index (κ1) is 16.4. The average Bonchev–Trinajstić information content (AvgIpc) is 2.41. The number of methoxy groups -OCH3 is 1. The quantitative estimate of drug-likeness (QED) is 0.707. The van der Waals surface area contributed by atoms with Gasteiger partial charge in [-0.25, -0.2) is 4.39 Å². The molecule has 0 saturated carbocycles. The van der Waals surface area contributed by atoms with Crippen LogP contribution in [0, 0.1) is 5.82 Å². The minimum atomic E-state index is -0.432. The highest BCUT2D eigenvalue weighted by Gasteiger charge is 2.09. The van der Waals surface area contributed by atoms with Gasteiger partial charge in [-0.15, -0.1) is 0 Å². The smallest absolute Gasteiger partial charge is 0.257 e. The lowest BCUT2D eigenvalue weighted by atomic mass is 10.1. The third-order valence-corrected chi connectivity index (χ3v) is 2.68. The highest BCUT2D eigenvalue weighted by atomic mass is 19.1. The van der Waals surface area contributed by atoms with Crippen molar-refractivity contribution in [3.63, 3.8) is 0 Å². The standard InChI is InChI=1S/C14H21FN2O3/c1-10(16)12-5-4-11(8-13(12)15)20-9-14(18)17-6-3-7-19-2/h4-5,8,10H,3,6-7,9,16H2,1-2H3,(H,17,18)/t10-/m1/s1. The molecule has 112 valence electrons. The fourth-order valence-electron chi connectivity index (χ4n) is 1.61. The monoisotopic (exact) mass is 284 g/mol. The number of nitrogens with one attached hydrogen (secondary N) is 1. The number of carbonyl (C=O) groups is 1. The molecule has 5 nitrogen and oxygen atoms in total. The van der Waals surface area contributed by atoms with Crippen molar-refractivity contribution in [1.29, 1.82) is 0 Å². The van der Waals surface area contributed by atoms with Crippen LogP contribution in [0.3, 0.4) is 0 Å². The highest BCUT2D eigenvalue weighted by Crippen LogP contribution is 2.20. The van der Waals surface area contributed by atoms with E-state index in [0.717, 1.165) is 6.42 Å². The van der Waals surface area contributed by atoms with Gasteiger partial charge in [0.25, 0.3) is 5.91 Å². The zero-order chi connectivity index (χ0) is 15.0. The second-order valence-electron chi connectivity index (χ2n) is 4.46. The summed E-state index contributed by atoms with van der Waals surface area (Å²) < 4.78 is 23.7. The number of nitrogens with two attached hydrogens (primary N) is 1. The van der Waals surface area contributed by atoms with Gasteiger partial charge in [-0.3, -0.25) is 4.79 Å². The summed E-state index contributed by atoms with van der Waals surface area (Å²) in [6.07, 6.45) is 0.736. The summed E-state index contributed by atoms with van der Waals surface area (Å²) >= 11 is 0. The molecule has 6 heteroatoms. The first-order valence-electron chi connectivity index (χ1n) is 6.48. The van der Waals surface area contributed by atoms with Crippen molar-refractivity contribution in [3.05, 3.63) is 29.6 Å². The van der Waals surface area contributed by atoms with Gasteiger partial charge in [0.1, 0.15) is 11.6 Å². The van der Waals surface area contributed by atoms with Crippen molar-refractivity contribution in [3.8, 4) is 5.75 Å². The lowest BCUT2D eigenvalue weighted by molar-refractivity contribution is -0.123. The van der Waals surface area contributed by atoms with Crippen LogP contribution in [0.1, 0.15) is 24.9 Å². The normalized spacial score (nSPS) is 12.0. The number of halogens is 1. The van der Waals surface area contributed by atoms with Gasteiger partial charge in [-0.2, -0.15) is 0 Å². The molecule has 0 aliphatic heterocycles. The number of benzene rings is 1. The number of hydrogen-bond acceptors (Lipinski definition) is 4. The summed E-state index contributed by atoms with van der Waals surface area (Å²) in [5.74, 6) is -0.380. The molecule has 1 rings (SSSR count). The predicted octanol–water partition coefficient (Wildman–Crippen LogP) is 1.38. The lowest BCUT2D eigenvalue weighted by Crippen LogP contribution is -2.30. The maximum atomic E-state index is 13.6. The van der Waals surface area contributed by atoms with Crippen LogP contribution >= 0.6 is 0 Å². The van der Waals surface area contributed by atoms with E-state index >= 15 is 0 Å². The van der Waals surface area contributed by atoms with Gasteiger partial charge in [0.2, 0.25) is 0 Å². The fourth-order valence-corrected chi connectivity index (χ4v) is 1.61. The van der Waals surface area contributed by atoms with Crippen LogP contribution in [0.25, 0.3) is 0 Å². The Morgan fingerprint density at radius 1 is 1.50 bits per heavy atom. The van der Waals surface area contributed by atoms with Gasteiger partial charge < -0.3 is 20.5 Å². The minimum Gasteiger partial charge on any atom is -0.484 e. The van der Waals surface area contributed by atoms with Crippen molar-refractivity contribution >= 4 is 5.91 Å². The van der Waals surface area contributed by atoms with Gasteiger partial charge in [-0.05, 0) is 19.4 Å². The summed E-state index contributed by atoms with van der Waals surface area (Å²) in [4.78, 5) is 11.4. The maximum Gasteiger partial charge on any atom is 0.257 e. The molecule has 1 aromatic carbocycles. The number of carbonyl (C=O) groups excluding carboxylic acids is 1. The molecule has 1 aromatic rings. The Balaban J connectivity index is 2.38. The first-order valence-corrected chi connectivity index (χ1v) is 6.48. The Kier molecular flexibility index (Phi) is 6.97. The molecule has 0 heterocycles. The van der Waals surface area contributed by atoms with E-state index in [1.807, 2.05) is 0 Å². The number of hydrogen-bond donors (Lipinski definition) is 2. The van der Waals surface area contributed by atoms with Crippen LogP contribution in [0.15, 0.2) is 18.2 Å². The van der Waals surface area contributed by atoms with E-state index in [1.54, 1.807) is 26.2 Å². The molecule has 0 aliphatic rings. The Labute approximate surface area is 118 Å². The first-order chi connectivity index (χ1) is 9.54. The van der Waals surface area contributed by atoms with E-state index in [0.29, 0.717) is 24.5 Å². The lowest BCUT2D eigenvalue weighted by Gasteiger charge is -2.10. The Morgan fingerprint density at radius 3 is 2.85 bits per heavy atom. The Bertz CT molecular complexity index is 438. The van der Waals surface area contributed by atoms with E-state index in [4.69, 9.17) is 15.2 Å². The van der Waals surface area contributed by atoms with E-state index in [-0.39, 0.29) is 18.6 Å². The molecule has 0 spiro atoms. The Morgan fingerprint density at radius 2 is 2.25 bits per heavy atom. The zero-order valence-corrected chi connectivity index (χ0v) is 11.8.